The highest BCUT2D eigenvalue weighted by molar-refractivity contribution is 5.93. The molecule has 4 heteroatoms. The Bertz CT molecular complexity index is 364. The molecular formula is C12H18N2O2. The number of rotatable bonds is 4. The summed E-state index contributed by atoms with van der Waals surface area (Å²) < 4.78 is 0. The van der Waals surface area contributed by atoms with Crippen LogP contribution >= 0.6 is 0 Å². The van der Waals surface area contributed by atoms with Crippen LogP contribution in [0.4, 0.5) is 0 Å². The van der Waals surface area contributed by atoms with Crippen molar-refractivity contribution in [1.82, 2.24) is 9.88 Å². The maximum absolute atomic E-state index is 12.0. The molecule has 1 atom stereocenters. The second-order valence-electron chi connectivity index (χ2n) is 4.03. The molecule has 1 amide bonds. The third-order valence-electron chi connectivity index (χ3n) is 2.44. The average Bonchev–Trinajstić information content (AvgIpc) is 2.25. The van der Waals surface area contributed by atoms with Crippen molar-refractivity contribution in [1.29, 1.82) is 0 Å². The van der Waals surface area contributed by atoms with Gasteiger partial charge in [-0.05, 0) is 31.9 Å². The normalized spacial score (nSPS) is 12.2. The van der Waals surface area contributed by atoms with E-state index in [1.54, 1.807) is 25.1 Å². The number of aliphatic hydroxyl groups excluding tert-OH is 1. The van der Waals surface area contributed by atoms with Crippen LogP contribution < -0.4 is 0 Å². The molecule has 0 fully saturated rings. The number of carbonyl (C=O) groups excluding carboxylic acids is 1. The van der Waals surface area contributed by atoms with Gasteiger partial charge in [-0.25, -0.2) is 0 Å². The lowest BCUT2D eigenvalue weighted by molar-refractivity contribution is 0.0762. The summed E-state index contributed by atoms with van der Waals surface area (Å²) in [6, 6.07) is 3.67. The number of hydrogen-bond donors (Lipinski definition) is 1. The van der Waals surface area contributed by atoms with Gasteiger partial charge in [0.05, 0.1) is 6.10 Å². The van der Waals surface area contributed by atoms with E-state index in [4.69, 9.17) is 5.11 Å². The van der Waals surface area contributed by atoms with Crippen LogP contribution in [0.2, 0.25) is 0 Å². The first-order valence-electron chi connectivity index (χ1n) is 5.37. The molecule has 16 heavy (non-hydrogen) atoms. The Balaban J connectivity index is 2.67. The highest BCUT2D eigenvalue weighted by atomic mass is 16.3. The van der Waals surface area contributed by atoms with Crippen molar-refractivity contribution >= 4 is 5.91 Å². The van der Waals surface area contributed by atoms with Gasteiger partial charge in [0.25, 0.3) is 5.91 Å². The molecule has 4 nitrogen and oxygen atoms in total. The molecule has 0 aliphatic rings. The summed E-state index contributed by atoms with van der Waals surface area (Å²) in [7, 11) is 1.72. The van der Waals surface area contributed by atoms with E-state index >= 15 is 0 Å². The SMILES string of the molecule is Cc1cccnc1C(=O)N(C)CCC(C)O. The Morgan fingerprint density at radius 1 is 1.62 bits per heavy atom. The minimum Gasteiger partial charge on any atom is -0.393 e. The number of aryl methyl sites for hydroxylation is 1. The van der Waals surface area contributed by atoms with Crippen molar-refractivity contribution in [2.45, 2.75) is 26.4 Å². The van der Waals surface area contributed by atoms with Gasteiger partial charge in [-0.2, -0.15) is 0 Å². The van der Waals surface area contributed by atoms with Crippen LogP contribution in [0.1, 0.15) is 29.4 Å². The lowest BCUT2D eigenvalue weighted by Crippen LogP contribution is -2.30. The van der Waals surface area contributed by atoms with Crippen molar-refractivity contribution in [2.24, 2.45) is 0 Å². The quantitative estimate of drug-likeness (QED) is 0.833. The molecule has 0 spiro atoms. The fourth-order valence-corrected chi connectivity index (χ4v) is 1.37. The summed E-state index contributed by atoms with van der Waals surface area (Å²) in [4.78, 5) is 17.6. The number of pyridine rings is 1. The lowest BCUT2D eigenvalue weighted by atomic mass is 10.2. The Morgan fingerprint density at radius 3 is 2.88 bits per heavy atom. The summed E-state index contributed by atoms with van der Waals surface area (Å²) in [5.74, 6) is -0.0984. The summed E-state index contributed by atoms with van der Waals surface area (Å²) in [5.41, 5.74) is 1.35. The van der Waals surface area contributed by atoms with Crippen LogP contribution in [-0.4, -0.2) is 40.6 Å². The van der Waals surface area contributed by atoms with Gasteiger partial charge in [0.2, 0.25) is 0 Å². The molecule has 0 radical (unpaired) electrons. The topological polar surface area (TPSA) is 53.4 Å². The third kappa shape index (κ3) is 3.31. The van der Waals surface area contributed by atoms with Crippen molar-refractivity contribution < 1.29 is 9.90 Å². The molecule has 1 unspecified atom stereocenters. The van der Waals surface area contributed by atoms with Gasteiger partial charge < -0.3 is 10.0 Å². The van der Waals surface area contributed by atoms with Gasteiger partial charge >= 0.3 is 0 Å². The predicted octanol–water partition coefficient (Wildman–Crippen LogP) is 1.23. The molecule has 1 rings (SSSR count). The zero-order chi connectivity index (χ0) is 12.1. The zero-order valence-corrected chi connectivity index (χ0v) is 9.97. The number of aliphatic hydroxyl groups is 1. The standard InChI is InChI=1S/C12H18N2O2/c1-9-5-4-7-13-11(9)12(16)14(3)8-6-10(2)15/h4-5,7,10,15H,6,8H2,1-3H3. The summed E-state index contributed by atoms with van der Waals surface area (Å²) >= 11 is 0. The van der Waals surface area contributed by atoms with Crippen LogP contribution in [0, 0.1) is 6.92 Å². The largest absolute Gasteiger partial charge is 0.393 e. The first-order chi connectivity index (χ1) is 7.52. The highest BCUT2D eigenvalue weighted by Gasteiger charge is 2.15. The van der Waals surface area contributed by atoms with E-state index in [2.05, 4.69) is 4.98 Å². The number of nitrogens with zero attached hydrogens (tertiary/aromatic N) is 2. The van der Waals surface area contributed by atoms with Crippen LogP contribution in [-0.2, 0) is 0 Å². The maximum atomic E-state index is 12.0. The first-order valence-corrected chi connectivity index (χ1v) is 5.37. The molecule has 0 saturated carbocycles. The molecule has 88 valence electrons. The van der Waals surface area contributed by atoms with Crippen molar-refractivity contribution in [2.75, 3.05) is 13.6 Å². The van der Waals surface area contributed by atoms with Crippen LogP contribution in [0.15, 0.2) is 18.3 Å². The molecule has 0 saturated heterocycles. The number of hydrogen-bond acceptors (Lipinski definition) is 3. The number of carbonyl (C=O) groups is 1. The molecule has 1 heterocycles. The van der Waals surface area contributed by atoms with Gasteiger partial charge in [-0.1, -0.05) is 6.07 Å². The Labute approximate surface area is 95.9 Å². The van der Waals surface area contributed by atoms with Gasteiger partial charge in [0, 0.05) is 19.8 Å². The van der Waals surface area contributed by atoms with Crippen LogP contribution in [0.5, 0.6) is 0 Å². The van der Waals surface area contributed by atoms with Gasteiger partial charge in [-0.15, -0.1) is 0 Å². The van der Waals surface area contributed by atoms with Gasteiger partial charge in [0.15, 0.2) is 0 Å². The first kappa shape index (κ1) is 12.6. The van der Waals surface area contributed by atoms with E-state index in [9.17, 15) is 4.79 Å². The molecule has 1 aromatic heterocycles. The Morgan fingerprint density at radius 2 is 2.31 bits per heavy atom. The highest BCUT2D eigenvalue weighted by Crippen LogP contribution is 2.07. The van der Waals surface area contributed by atoms with Crippen molar-refractivity contribution in [3.8, 4) is 0 Å². The summed E-state index contributed by atoms with van der Waals surface area (Å²) in [6.45, 7) is 4.11. The summed E-state index contributed by atoms with van der Waals surface area (Å²) in [5, 5.41) is 9.15. The number of amides is 1. The fourth-order valence-electron chi connectivity index (χ4n) is 1.37. The van der Waals surface area contributed by atoms with E-state index in [1.807, 2.05) is 19.1 Å². The van der Waals surface area contributed by atoms with Gasteiger partial charge in [-0.3, -0.25) is 9.78 Å². The molecule has 0 aliphatic heterocycles. The smallest absolute Gasteiger partial charge is 0.272 e. The third-order valence-corrected chi connectivity index (χ3v) is 2.44. The molecular weight excluding hydrogens is 204 g/mol. The van der Waals surface area contributed by atoms with E-state index in [-0.39, 0.29) is 12.0 Å². The zero-order valence-electron chi connectivity index (χ0n) is 9.97. The van der Waals surface area contributed by atoms with Crippen LogP contribution in [0.3, 0.4) is 0 Å². The van der Waals surface area contributed by atoms with E-state index in [0.29, 0.717) is 18.7 Å². The van der Waals surface area contributed by atoms with E-state index in [1.165, 1.54) is 0 Å². The van der Waals surface area contributed by atoms with Gasteiger partial charge in [0.1, 0.15) is 5.69 Å². The number of aromatic nitrogens is 1. The second-order valence-corrected chi connectivity index (χ2v) is 4.03. The Hall–Kier alpha value is -1.42. The minimum atomic E-state index is -0.389. The molecule has 1 N–H and O–H groups in total. The second kappa shape index (κ2) is 5.61. The Kier molecular flexibility index (Phi) is 4.43. The van der Waals surface area contributed by atoms with E-state index < -0.39 is 0 Å². The van der Waals surface area contributed by atoms with Crippen molar-refractivity contribution in [3.05, 3.63) is 29.6 Å². The summed E-state index contributed by atoms with van der Waals surface area (Å²) in [6.07, 6.45) is 1.80. The lowest BCUT2D eigenvalue weighted by Gasteiger charge is -2.18. The van der Waals surface area contributed by atoms with E-state index in [0.717, 1.165) is 5.56 Å². The molecule has 0 bridgehead atoms. The molecule has 0 aliphatic carbocycles. The van der Waals surface area contributed by atoms with Crippen molar-refractivity contribution in [3.63, 3.8) is 0 Å². The maximum Gasteiger partial charge on any atom is 0.272 e. The average molecular weight is 222 g/mol. The molecule has 0 aromatic carbocycles. The minimum absolute atomic E-state index is 0.0984. The molecule has 1 aromatic rings. The fraction of sp³-hybridized carbons (Fsp3) is 0.500. The monoisotopic (exact) mass is 222 g/mol. The van der Waals surface area contributed by atoms with Crippen LogP contribution in [0.25, 0.3) is 0 Å². The predicted molar refractivity (Wildman–Crippen MR) is 62.2 cm³/mol.